The Kier molecular flexibility index (Phi) is 3.67. The Morgan fingerprint density at radius 2 is 1.75 bits per heavy atom. The lowest BCUT2D eigenvalue weighted by molar-refractivity contribution is -0.332. The van der Waals surface area contributed by atoms with Gasteiger partial charge in [0.25, 0.3) is 0 Å². The van der Waals surface area contributed by atoms with E-state index in [1.165, 1.54) is 4.57 Å². The average molecular weight is 498 g/mol. The number of benzene rings is 3. The third kappa shape index (κ3) is 2.31. The fourth-order valence-corrected chi connectivity index (χ4v) is 6.66. The molecule has 0 bridgehead atoms. The summed E-state index contributed by atoms with van der Waals surface area (Å²) in [6.07, 6.45) is 4.21. The quantitative estimate of drug-likeness (QED) is 0.300. The molecule has 32 heavy (non-hydrogen) atoms. The molecule has 1 unspecified atom stereocenters. The number of hydrogen-bond acceptors (Lipinski definition) is 3. The van der Waals surface area contributed by atoms with Crippen molar-refractivity contribution in [1.82, 2.24) is 4.57 Å². The third-order valence-corrected chi connectivity index (χ3v) is 8.03. The summed E-state index contributed by atoms with van der Waals surface area (Å²) in [7, 11) is 0. The standard InChI is InChI=1S/C26H14BrN2O2S/c27-16-7-10-20-22(13-16)32-21-11-9-17-19-12-15(14-4-2-1-3-5-14)6-8-18(19)25(30)29-23(17)24(21)28(20)26(29)31/h1-13,21H/q+1. The maximum atomic E-state index is 13.6. The van der Waals surface area contributed by atoms with Crippen LogP contribution < -0.4 is 5.56 Å². The summed E-state index contributed by atoms with van der Waals surface area (Å²) in [4.78, 5) is 28.1. The molecule has 0 saturated heterocycles. The van der Waals surface area contributed by atoms with E-state index in [9.17, 15) is 9.59 Å². The molecule has 3 aliphatic rings. The molecule has 1 amide bonds. The number of aromatic nitrogens is 1. The zero-order valence-corrected chi connectivity index (χ0v) is 19.0. The van der Waals surface area contributed by atoms with Crippen molar-refractivity contribution < 1.29 is 9.37 Å². The molecule has 152 valence electrons. The Hall–Kier alpha value is -3.22. The van der Waals surface area contributed by atoms with Gasteiger partial charge >= 0.3 is 11.6 Å². The van der Waals surface area contributed by atoms with E-state index < -0.39 is 0 Å². The van der Waals surface area contributed by atoms with Gasteiger partial charge in [0, 0.05) is 15.4 Å². The molecule has 0 saturated carbocycles. The summed E-state index contributed by atoms with van der Waals surface area (Å²) in [5.74, 6) is 0. The van der Waals surface area contributed by atoms with E-state index in [4.69, 9.17) is 0 Å². The van der Waals surface area contributed by atoms with Crippen LogP contribution in [0.4, 0.5) is 10.5 Å². The smallest absolute Gasteiger partial charge is 0.240 e. The van der Waals surface area contributed by atoms with Crippen LogP contribution in [-0.2, 0) is 0 Å². The molecule has 0 fully saturated rings. The van der Waals surface area contributed by atoms with Crippen LogP contribution in [-0.4, -0.2) is 26.1 Å². The first-order chi connectivity index (χ1) is 15.6. The van der Waals surface area contributed by atoms with Gasteiger partial charge in [0.15, 0.2) is 11.4 Å². The van der Waals surface area contributed by atoms with Crippen LogP contribution >= 0.6 is 27.7 Å². The molecule has 6 heteroatoms. The summed E-state index contributed by atoms with van der Waals surface area (Å²) in [5.41, 5.74) is 5.26. The molecule has 1 atom stereocenters. The summed E-state index contributed by atoms with van der Waals surface area (Å²) >= 11 is 5.24. The Labute approximate surface area is 195 Å². The lowest BCUT2D eigenvalue weighted by Gasteiger charge is -2.22. The highest BCUT2D eigenvalue weighted by Crippen LogP contribution is 2.45. The van der Waals surface area contributed by atoms with Gasteiger partial charge in [0.1, 0.15) is 5.69 Å². The van der Waals surface area contributed by atoms with Gasteiger partial charge in [0.2, 0.25) is 0 Å². The first-order valence-electron chi connectivity index (χ1n) is 10.3. The molecule has 0 N–H and O–H groups in total. The minimum atomic E-state index is -0.298. The minimum Gasteiger partial charge on any atom is -0.240 e. The number of hydrogen-bond donors (Lipinski definition) is 0. The first kappa shape index (κ1) is 18.4. The number of nitrogens with zero attached hydrogens (tertiary/aromatic N) is 2. The van der Waals surface area contributed by atoms with Gasteiger partial charge in [-0.05, 0) is 41.5 Å². The number of carbonyl (C=O) groups is 1. The Bertz CT molecular complexity index is 1650. The van der Waals surface area contributed by atoms with Crippen molar-refractivity contribution in [2.75, 3.05) is 0 Å². The normalized spacial score (nSPS) is 17.7. The van der Waals surface area contributed by atoms with Gasteiger partial charge in [-0.3, -0.25) is 0 Å². The van der Waals surface area contributed by atoms with Gasteiger partial charge in [-0.1, -0.05) is 64.5 Å². The number of amides is 1. The molecular formula is C26H14BrN2O2S+. The molecule has 0 spiro atoms. The largest absolute Gasteiger partial charge is 0.512 e. The van der Waals surface area contributed by atoms with E-state index in [0.717, 1.165) is 48.5 Å². The van der Waals surface area contributed by atoms with Crippen molar-refractivity contribution in [2.45, 2.75) is 10.1 Å². The van der Waals surface area contributed by atoms with Crippen molar-refractivity contribution in [2.24, 2.45) is 0 Å². The predicted octanol–water partition coefficient (Wildman–Crippen LogP) is 6.05. The van der Waals surface area contributed by atoms with E-state index in [2.05, 4.69) is 46.3 Å². The zero-order valence-electron chi connectivity index (χ0n) is 16.6. The van der Waals surface area contributed by atoms with E-state index in [0.29, 0.717) is 5.39 Å². The molecule has 1 aromatic heterocycles. The number of fused-ring (bicyclic) bond motifs is 4. The number of thioether (sulfide) groups is 1. The van der Waals surface area contributed by atoms with E-state index in [-0.39, 0.29) is 16.8 Å². The van der Waals surface area contributed by atoms with Gasteiger partial charge in [0.05, 0.1) is 15.5 Å². The zero-order chi connectivity index (χ0) is 21.6. The van der Waals surface area contributed by atoms with Crippen LogP contribution in [0.2, 0.25) is 0 Å². The van der Waals surface area contributed by atoms with E-state index in [1.807, 2.05) is 48.5 Å². The topological polar surface area (TPSA) is 42.1 Å². The van der Waals surface area contributed by atoms with Crippen LogP contribution in [0.5, 0.6) is 0 Å². The highest BCUT2D eigenvalue weighted by atomic mass is 79.9. The van der Waals surface area contributed by atoms with E-state index >= 15 is 0 Å². The maximum Gasteiger partial charge on any atom is 0.512 e. The van der Waals surface area contributed by atoms with Crippen molar-refractivity contribution in [3.8, 4) is 11.1 Å². The molecule has 1 aliphatic carbocycles. The van der Waals surface area contributed by atoms with Gasteiger partial charge in [-0.25, -0.2) is 4.79 Å². The average Bonchev–Trinajstić information content (AvgIpc) is 3.13. The van der Waals surface area contributed by atoms with Crippen LogP contribution in [0, 0.1) is 0 Å². The summed E-state index contributed by atoms with van der Waals surface area (Å²) < 4.78 is 4.06. The monoisotopic (exact) mass is 497 g/mol. The second-order valence-corrected chi connectivity index (χ2v) is 10.1. The highest BCUT2D eigenvalue weighted by molar-refractivity contribution is 9.10. The summed E-state index contributed by atoms with van der Waals surface area (Å²) in [6, 6.07) is 21.6. The molecule has 3 aromatic carbocycles. The van der Waals surface area contributed by atoms with Crippen LogP contribution in [0.15, 0.2) is 87.0 Å². The first-order valence-corrected chi connectivity index (χ1v) is 11.9. The number of halogens is 1. The van der Waals surface area contributed by atoms with Crippen LogP contribution in [0.25, 0.3) is 28.0 Å². The van der Waals surface area contributed by atoms with Crippen molar-refractivity contribution in [3.05, 3.63) is 98.9 Å². The predicted molar refractivity (Wildman–Crippen MR) is 131 cm³/mol. The van der Waals surface area contributed by atoms with Crippen molar-refractivity contribution in [1.29, 1.82) is 0 Å². The molecule has 3 heterocycles. The van der Waals surface area contributed by atoms with Crippen molar-refractivity contribution >= 4 is 62.0 Å². The SMILES string of the molecule is O=C1n2c3c(c4cc(-c5ccccc5)ccc4c2=O)C=CC2Sc4cc(Br)ccc4[N+]1=C32. The fourth-order valence-electron chi connectivity index (χ4n) is 4.91. The maximum absolute atomic E-state index is 13.6. The van der Waals surface area contributed by atoms with E-state index in [1.54, 1.807) is 16.3 Å². The Morgan fingerprint density at radius 3 is 2.59 bits per heavy atom. The second kappa shape index (κ2) is 6.40. The molecule has 4 aromatic rings. The Balaban J connectivity index is 1.57. The molecule has 0 radical (unpaired) electrons. The number of rotatable bonds is 1. The molecule has 7 rings (SSSR count). The number of pyridine rings is 1. The fraction of sp³-hybridized carbons (Fsp3) is 0.0385. The third-order valence-electron chi connectivity index (χ3n) is 6.32. The lowest BCUT2D eigenvalue weighted by Crippen LogP contribution is -2.29. The van der Waals surface area contributed by atoms with Crippen molar-refractivity contribution in [3.63, 3.8) is 0 Å². The molecular weight excluding hydrogens is 484 g/mol. The van der Waals surface area contributed by atoms with Crippen LogP contribution in [0.1, 0.15) is 11.3 Å². The second-order valence-electron chi connectivity index (χ2n) is 8.04. The lowest BCUT2D eigenvalue weighted by atomic mass is 9.93. The van der Waals surface area contributed by atoms with Gasteiger partial charge in [-0.15, -0.1) is 16.3 Å². The summed E-state index contributed by atoms with van der Waals surface area (Å²) in [6.45, 7) is 0. The van der Waals surface area contributed by atoms with Gasteiger partial charge < -0.3 is 0 Å². The number of carbonyl (C=O) groups excluding carboxylic acids is 1. The van der Waals surface area contributed by atoms with Gasteiger partial charge in [-0.2, -0.15) is 9.37 Å². The molecule has 2 aliphatic heterocycles. The summed E-state index contributed by atoms with van der Waals surface area (Å²) in [5, 5.41) is 1.42. The van der Waals surface area contributed by atoms with Crippen LogP contribution in [0.3, 0.4) is 0 Å². The highest BCUT2D eigenvalue weighted by Gasteiger charge is 2.50. The molecule has 4 nitrogen and oxygen atoms in total. The Morgan fingerprint density at radius 1 is 0.906 bits per heavy atom. The minimum absolute atomic E-state index is 0.0174.